The summed E-state index contributed by atoms with van der Waals surface area (Å²) in [6, 6.07) is 7.97. The fourth-order valence-electron chi connectivity index (χ4n) is 2.21. The minimum Gasteiger partial charge on any atom is -0.388 e. The van der Waals surface area contributed by atoms with Crippen LogP contribution in [0.1, 0.15) is 23.1 Å². The molecule has 0 saturated carbocycles. The lowest BCUT2D eigenvalue weighted by molar-refractivity contribution is 0.175. The topological polar surface area (TPSA) is 41.3 Å². The second-order valence-electron chi connectivity index (χ2n) is 5.18. The maximum atomic E-state index is 10.5. The third kappa shape index (κ3) is 3.04. The van der Waals surface area contributed by atoms with Gasteiger partial charge in [-0.1, -0.05) is 12.1 Å². The summed E-state index contributed by atoms with van der Waals surface area (Å²) in [6.07, 6.45) is -0.00423. The van der Waals surface area contributed by atoms with Gasteiger partial charge in [0, 0.05) is 33.3 Å². The highest BCUT2D eigenvalue weighted by atomic mass is 79.9. The quantitative estimate of drug-likeness (QED) is 0.932. The summed E-state index contributed by atoms with van der Waals surface area (Å²) in [5.41, 5.74) is 3.95. The lowest BCUT2D eigenvalue weighted by Crippen LogP contribution is -2.11. The second kappa shape index (κ2) is 5.97. The first-order valence-electron chi connectivity index (χ1n) is 6.53. The summed E-state index contributed by atoms with van der Waals surface area (Å²) in [6.45, 7) is 1.95. The number of aliphatic hydroxyl groups excluding tert-OH is 1. The lowest BCUT2D eigenvalue weighted by Gasteiger charge is -2.16. The van der Waals surface area contributed by atoms with Crippen LogP contribution in [0.3, 0.4) is 0 Å². The maximum Gasteiger partial charge on any atom is 0.0846 e. The van der Waals surface area contributed by atoms with Gasteiger partial charge in [0.15, 0.2) is 0 Å². The zero-order valence-electron chi connectivity index (χ0n) is 12.3. The van der Waals surface area contributed by atoms with Crippen LogP contribution in [0.15, 0.2) is 28.7 Å². The van der Waals surface area contributed by atoms with Gasteiger partial charge >= 0.3 is 0 Å². The van der Waals surface area contributed by atoms with Gasteiger partial charge in [0.1, 0.15) is 0 Å². The van der Waals surface area contributed by atoms with E-state index in [4.69, 9.17) is 0 Å². The lowest BCUT2D eigenvalue weighted by atomic mass is 10.0. The van der Waals surface area contributed by atoms with Crippen molar-refractivity contribution in [3.05, 3.63) is 45.7 Å². The third-order valence-electron chi connectivity index (χ3n) is 3.42. The summed E-state index contributed by atoms with van der Waals surface area (Å²) in [5, 5.41) is 14.8. The van der Waals surface area contributed by atoms with Crippen LogP contribution in [-0.2, 0) is 13.5 Å². The van der Waals surface area contributed by atoms with Crippen LogP contribution < -0.4 is 4.90 Å². The summed E-state index contributed by atoms with van der Waals surface area (Å²) in [7, 11) is 5.88. The van der Waals surface area contributed by atoms with Crippen molar-refractivity contribution in [1.82, 2.24) is 9.78 Å². The second-order valence-corrected chi connectivity index (χ2v) is 5.97. The molecule has 0 aliphatic heterocycles. The molecule has 108 valence electrons. The Hall–Kier alpha value is -1.33. The fraction of sp³-hybridized carbons (Fsp3) is 0.400. The molecule has 20 heavy (non-hydrogen) atoms. The molecule has 0 spiro atoms. The molecule has 1 atom stereocenters. The van der Waals surface area contributed by atoms with Crippen LogP contribution in [0.25, 0.3) is 0 Å². The molecular formula is C15H20BrN3O. The van der Waals surface area contributed by atoms with Crippen molar-refractivity contribution < 1.29 is 5.11 Å². The minimum atomic E-state index is -0.541. The highest BCUT2D eigenvalue weighted by Gasteiger charge is 2.16. The van der Waals surface area contributed by atoms with Gasteiger partial charge < -0.3 is 10.0 Å². The number of aliphatic hydroxyl groups is 1. The molecule has 0 saturated heterocycles. The van der Waals surface area contributed by atoms with Crippen molar-refractivity contribution in [2.75, 3.05) is 19.0 Å². The van der Waals surface area contributed by atoms with Crippen LogP contribution in [0.4, 0.5) is 5.69 Å². The molecule has 2 aromatic rings. The number of anilines is 1. The molecule has 0 fully saturated rings. The predicted octanol–water partition coefficient (Wildman–Crippen LogP) is 2.83. The van der Waals surface area contributed by atoms with Crippen LogP contribution in [0.2, 0.25) is 0 Å². The van der Waals surface area contributed by atoms with Crippen molar-refractivity contribution in [3.63, 3.8) is 0 Å². The van der Waals surface area contributed by atoms with Crippen LogP contribution in [-0.4, -0.2) is 29.0 Å². The Morgan fingerprint density at radius 3 is 2.65 bits per heavy atom. The minimum absolute atomic E-state index is 0.537. The fourth-order valence-corrected chi connectivity index (χ4v) is 2.71. The van der Waals surface area contributed by atoms with Crippen molar-refractivity contribution >= 4 is 21.6 Å². The molecule has 5 heteroatoms. The molecule has 0 aliphatic rings. The van der Waals surface area contributed by atoms with E-state index < -0.39 is 6.10 Å². The average molecular weight is 338 g/mol. The number of hydrogen-bond donors (Lipinski definition) is 1. The molecule has 0 bridgehead atoms. The Morgan fingerprint density at radius 1 is 1.40 bits per heavy atom. The molecular weight excluding hydrogens is 318 g/mol. The van der Waals surface area contributed by atoms with E-state index in [2.05, 4.69) is 21.0 Å². The monoisotopic (exact) mass is 337 g/mol. The zero-order valence-corrected chi connectivity index (χ0v) is 13.8. The zero-order chi connectivity index (χ0) is 14.9. The maximum absolute atomic E-state index is 10.5. The molecule has 0 aliphatic carbocycles. The molecule has 1 aromatic carbocycles. The van der Waals surface area contributed by atoms with Gasteiger partial charge in [-0.15, -0.1) is 0 Å². The molecule has 4 nitrogen and oxygen atoms in total. The summed E-state index contributed by atoms with van der Waals surface area (Å²) >= 11 is 3.54. The number of aromatic nitrogens is 2. The van der Waals surface area contributed by atoms with Crippen molar-refractivity contribution in [2.45, 2.75) is 19.4 Å². The number of hydrogen-bond acceptors (Lipinski definition) is 3. The Bertz CT molecular complexity index is 607. The van der Waals surface area contributed by atoms with E-state index in [-0.39, 0.29) is 0 Å². The first-order chi connectivity index (χ1) is 9.40. The van der Waals surface area contributed by atoms with Gasteiger partial charge in [-0.2, -0.15) is 5.10 Å². The van der Waals surface area contributed by atoms with E-state index in [0.29, 0.717) is 6.42 Å². The van der Waals surface area contributed by atoms with Crippen LogP contribution >= 0.6 is 15.9 Å². The predicted molar refractivity (Wildman–Crippen MR) is 85.1 cm³/mol. The summed E-state index contributed by atoms with van der Waals surface area (Å²) in [5.74, 6) is 0. The third-order valence-corrected chi connectivity index (χ3v) is 4.45. The van der Waals surface area contributed by atoms with Crippen LogP contribution in [0, 0.1) is 6.92 Å². The number of benzene rings is 1. The molecule has 0 amide bonds. The molecule has 2 rings (SSSR count). The van der Waals surface area contributed by atoms with Gasteiger partial charge in [0.05, 0.1) is 22.0 Å². The first-order valence-corrected chi connectivity index (χ1v) is 7.32. The highest BCUT2D eigenvalue weighted by molar-refractivity contribution is 9.10. The normalized spacial score (nSPS) is 12.5. The SMILES string of the molecule is Cc1nn(C)c(CC(O)c2cccc(N(C)C)c2)c1Br. The van der Waals surface area contributed by atoms with Crippen molar-refractivity contribution in [1.29, 1.82) is 0 Å². The number of aryl methyl sites for hydroxylation is 2. The van der Waals surface area contributed by atoms with Crippen molar-refractivity contribution in [3.8, 4) is 0 Å². The van der Waals surface area contributed by atoms with Crippen LogP contribution in [0.5, 0.6) is 0 Å². The molecule has 1 heterocycles. The van der Waals surface area contributed by atoms with Gasteiger partial charge in [-0.05, 0) is 40.5 Å². The van der Waals surface area contributed by atoms with Crippen molar-refractivity contribution in [2.24, 2.45) is 7.05 Å². The molecule has 1 unspecified atom stereocenters. The molecule has 1 aromatic heterocycles. The van der Waals surface area contributed by atoms with E-state index >= 15 is 0 Å². The van der Waals surface area contributed by atoms with Gasteiger partial charge in [-0.25, -0.2) is 0 Å². The Kier molecular flexibility index (Phi) is 4.50. The van der Waals surface area contributed by atoms with Gasteiger partial charge in [0.2, 0.25) is 0 Å². The van der Waals surface area contributed by atoms with E-state index in [1.807, 2.05) is 61.9 Å². The van der Waals surface area contributed by atoms with E-state index in [0.717, 1.165) is 27.1 Å². The average Bonchev–Trinajstić information content (AvgIpc) is 2.65. The summed E-state index contributed by atoms with van der Waals surface area (Å²) < 4.78 is 2.79. The van der Waals surface area contributed by atoms with E-state index in [1.54, 1.807) is 0 Å². The number of rotatable bonds is 4. The Morgan fingerprint density at radius 2 is 2.10 bits per heavy atom. The Balaban J connectivity index is 2.24. The number of nitrogens with zero attached hydrogens (tertiary/aromatic N) is 3. The summed E-state index contributed by atoms with van der Waals surface area (Å²) in [4.78, 5) is 2.03. The largest absolute Gasteiger partial charge is 0.388 e. The van der Waals surface area contributed by atoms with Gasteiger partial charge in [-0.3, -0.25) is 4.68 Å². The van der Waals surface area contributed by atoms with E-state index in [1.165, 1.54) is 0 Å². The van der Waals surface area contributed by atoms with Gasteiger partial charge in [0.25, 0.3) is 0 Å². The first kappa shape index (κ1) is 15.1. The standard InChI is InChI=1S/C15H20BrN3O/c1-10-15(16)13(19(4)17-10)9-14(20)11-6-5-7-12(8-11)18(2)3/h5-8,14,20H,9H2,1-4H3. The highest BCUT2D eigenvalue weighted by Crippen LogP contribution is 2.27. The van der Waals surface area contributed by atoms with E-state index in [9.17, 15) is 5.11 Å². The molecule has 1 N–H and O–H groups in total. The number of halogens is 1. The smallest absolute Gasteiger partial charge is 0.0846 e. The Labute approximate surface area is 128 Å². The molecule has 0 radical (unpaired) electrons.